The fraction of sp³-hybridized carbons (Fsp3) is 0.800. The molecule has 0 amide bonds. The van der Waals surface area contributed by atoms with Crippen molar-refractivity contribution >= 4 is 0 Å². The van der Waals surface area contributed by atoms with Crippen LogP contribution >= 0.6 is 0 Å². The smallest absolute Gasteiger partial charge is 0.0516 e. The molecule has 2 unspecified atom stereocenters. The number of nitrogens with zero attached hydrogens (tertiary/aromatic N) is 2. The SMILES string of the molecule is C=C(C(C(C)C)N(C)C(C)(C)C)N(C)C(C)C(=C)C(C)(C)C. The molecular formula is C20H40N2. The summed E-state index contributed by atoms with van der Waals surface area (Å²) in [5, 5.41) is 0. The molecule has 0 aromatic rings. The van der Waals surface area contributed by atoms with E-state index in [1.165, 1.54) is 11.3 Å². The van der Waals surface area contributed by atoms with Gasteiger partial charge in [0, 0.05) is 24.3 Å². The molecule has 0 aromatic heterocycles. The molecule has 2 heteroatoms. The van der Waals surface area contributed by atoms with Gasteiger partial charge in [0.15, 0.2) is 0 Å². The zero-order valence-corrected chi connectivity index (χ0v) is 17.0. The van der Waals surface area contributed by atoms with Crippen LogP contribution in [0.15, 0.2) is 24.4 Å². The second-order valence-electron chi connectivity index (χ2n) is 9.02. The topological polar surface area (TPSA) is 6.48 Å². The van der Waals surface area contributed by atoms with E-state index in [0.717, 1.165) is 0 Å². The molecule has 0 aliphatic heterocycles. The van der Waals surface area contributed by atoms with E-state index in [9.17, 15) is 0 Å². The van der Waals surface area contributed by atoms with Gasteiger partial charge in [-0.2, -0.15) is 0 Å². The Balaban J connectivity index is 5.38. The summed E-state index contributed by atoms with van der Waals surface area (Å²) in [5.74, 6) is 0.509. The lowest BCUT2D eigenvalue weighted by atomic mass is 9.82. The van der Waals surface area contributed by atoms with Crippen LogP contribution in [0.1, 0.15) is 62.3 Å². The molecule has 0 bridgehead atoms. The minimum Gasteiger partial charge on any atom is -0.371 e. The van der Waals surface area contributed by atoms with Crippen LogP contribution in [0.25, 0.3) is 0 Å². The maximum Gasteiger partial charge on any atom is 0.0516 e. The van der Waals surface area contributed by atoms with Crippen molar-refractivity contribution in [3.63, 3.8) is 0 Å². The molecule has 0 radical (unpaired) electrons. The van der Waals surface area contributed by atoms with Gasteiger partial charge in [-0.15, -0.1) is 0 Å². The van der Waals surface area contributed by atoms with E-state index in [1.54, 1.807) is 0 Å². The second kappa shape index (κ2) is 7.21. The third-order valence-electron chi connectivity index (χ3n) is 4.95. The van der Waals surface area contributed by atoms with Gasteiger partial charge >= 0.3 is 0 Å². The summed E-state index contributed by atoms with van der Waals surface area (Å²) < 4.78 is 0. The molecule has 0 rings (SSSR count). The Morgan fingerprint density at radius 1 is 0.864 bits per heavy atom. The van der Waals surface area contributed by atoms with E-state index in [1.807, 2.05) is 0 Å². The lowest BCUT2D eigenvalue weighted by Crippen LogP contribution is -2.52. The van der Waals surface area contributed by atoms with Crippen molar-refractivity contribution in [1.82, 2.24) is 9.80 Å². The van der Waals surface area contributed by atoms with Gasteiger partial charge in [0.2, 0.25) is 0 Å². The molecule has 130 valence electrons. The number of hydrogen-bond donors (Lipinski definition) is 0. The van der Waals surface area contributed by atoms with Gasteiger partial charge in [-0.25, -0.2) is 0 Å². The fourth-order valence-electron chi connectivity index (χ4n) is 2.79. The van der Waals surface area contributed by atoms with Crippen LogP contribution in [-0.2, 0) is 0 Å². The molecule has 0 spiro atoms. The predicted octanol–water partition coefficient (Wildman–Crippen LogP) is 5.18. The summed E-state index contributed by atoms with van der Waals surface area (Å²) in [7, 11) is 4.35. The van der Waals surface area contributed by atoms with Crippen LogP contribution in [-0.4, -0.2) is 41.5 Å². The summed E-state index contributed by atoms with van der Waals surface area (Å²) in [4.78, 5) is 4.74. The Morgan fingerprint density at radius 3 is 1.55 bits per heavy atom. The van der Waals surface area contributed by atoms with E-state index < -0.39 is 0 Å². The average molecular weight is 309 g/mol. The van der Waals surface area contributed by atoms with Crippen LogP contribution < -0.4 is 0 Å². The third-order valence-corrected chi connectivity index (χ3v) is 4.95. The Kier molecular flexibility index (Phi) is 6.96. The van der Waals surface area contributed by atoms with Crippen LogP contribution in [0.4, 0.5) is 0 Å². The van der Waals surface area contributed by atoms with Crippen molar-refractivity contribution in [3.05, 3.63) is 24.4 Å². The first-order valence-corrected chi connectivity index (χ1v) is 8.46. The standard InChI is InChI=1S/C20H40N2/c1-14(2)18(22(13)20(9,10)11)17(5)21(12)16(4)15(3)19(6,7)8/h14,16,18H,3,5H2,1-2,4,6-13H3. The van der Waals surface area contributed by atoms with Crippen molar-refractivity contribution in [2.75, 3.05) is 14.1 Å². The second-order valence-corrected chi connectivity index (χ2v) is 9.02. The minimum absolute atomic E-state index is 0.108. The summed E-state index contributed by atoms with van der Waals surface area (Å²) >= 11 is 0. The van der Waals surface area contributed by atoms with Gasteiger partial charge in [-0.3, -0.25) is 4.90 Å². The van der Waals surface area contributed by atoms with Crippen molar-refractivity contribution in [2.24, 2.45) is 11.3 Å². The van der Waals surface area contributed by atoms with Gasteiger partial charge in [0.05, 0.1) is 6.04 Å². The molecule has 0 saturated heterocycles. The molecule has 2 atom stereocenters. The number of rotatable bonds is 6. The highest BCUT2D eigenvalue weighted by atomic mass is 15.3. The third kappa shape index (κ3) is 5.15. The highest BCUT2D eigenvalue weighted by Crippen LogP contribution is 2.32. The zero-order valence-electron chi connectivity index (χ0n) is 17.0. The molecule has 0 fully saturated rings. The van der Waals surface area contributed by atoms with Crippen molar-refractivity contribution in [3.8, 4) is 0 Å². The first kappa shape index (κ1) is 21.2. The van der Waals surface area contributed by atoms with Crippen molar-refractivity contribution in [2.45, 2.75) is 79.9 Å². The first-order chi connectivity index (χ1) is 9.62. The Bertz CT molecular complexity index is 393. The molecule has 0 saturated carbocycles. The summed E-state index contributed by atoms with van der Waals surface area (Å²) in [6.45, 7) is 29.0. The lowest BCUT2D eigenvalue weighted by molar-refractivity contribution is 0.0876. The Morgan fingerprint density at radius 2 is 1.27 bits per heavy atom. The predicted molar refractivity (Wildman–Crippen MR) is 101 cm³/mol. The van der Waals surface area contributed by atoms with Crippen LogP contribution in [0, 0.1) is 11.3 Å². The van der Waals surface area contributed by atoms with Gasteiger partial charge in [-0.1, -0.05) is 47.8 Å². The maximum atomic E-state index is 4.44. The van der Waals surface area contributed by atoms with Crippen molar-refractivity contribution < 1.29 is 0 Å². The van der Waals surface area contributed by atoms with Crippen LogP contribution in [0.2, 0.25) is 0 Å². The Labute approximate surface area is 140 Å². The molecular weight excluding hydrogens is 268 g/mol. The molecule has 0 aliphatic rings. The molecule has 0 aliphatic carbocycles. The van der Waals surface area contributed by atoms with Crippen LogP contribution in [0.3, 0.4) is 0 Å². The van der Waals surface area contributed by atoms with E-state index in [4.69, 9.17) is 0 Å². The molecule has 2 nitrogen and oxygen atoms in total. The molecule has 0 N–H and O–H groups in total. The lowest BCUT2D eigenvalue weighted by Gasteiger charge is -2.46. The molecule has 22 heavy (non-hydrogen) atoms. The van der Waals surface area contributed by atoms with Gasteiger partial charge < -0.3 is 4.90 Å². The monoisotopic (exact) mass is 308 g/mol. The number of likely N-dealkylation sites (N-methyl/N-ethyl adjacent to an activating group) is 2. The average Bonchev–Trinajstić information content (AvgIpc) is 2.33. The summed E-state index contributed by atoms with van der Waals surface area (Å²) in [6, 6.07) is 0.599. The van der Waals surface area contributed by atoms with Gasteiger partial charge in [0.25, 0.3) is 0 Å². The highest BCUT2D eigenvalue weighted by molar-refractivity contribution is 5.18. The van der Waals surface area contributed by atoms with E-state index >= 15 is 0 Å². The van der Waals surface area contributed by atoms with E-state index in [0.29, 0.717) is 12.0 Å². The fourth-order valence-corrected chi connectivity index (χ4v) is 2.79. The zero-order chi connectivity index (χ0) is 18.0. The summed E-state index contributed by atoms with van der Waals surface area (Å²) in [6.07, 6.45) is 0. The first-order valence-electron chi connectivity index (χ1n) is 8.46. The highest BCUT2D eigenvalue weighted by Gasteiger charge is 2.33. The minimum atomic E-state index is 0.108. The normalized spacial score (nSPS) is 15.9. The number of hydrogen-bond acceptors (Lipinski definition) is 2. The van der Waals surface area contributed by atoms with Crippen LogP contribution in [0.5, 0.6) is 0 Å². The largest absolute Gasteiger partial charge is 0.371 e. The van der Waals surface area contributed by atoms with Gasteiger partial charge in [-0.05, 0) is 51.6 Å². The molecule has 0 aromatic carbocycles. The summed E-state index contributed by atoms with van der Waals surface area (Å²) in [5.41, 5.74) is 2.64. The van der Waals surface area contributed by atoms with E-state index in [2.05, 4.69) is 99.4 Å². The van der Waals surface area contributed by atoms with Gasteiger partial charge in [0.1, 0.15) is 0 Å². The quantitative estimate of drug-likeness (QED) is 0.624. The van der Waals surface area contributed by atoms with E-state index in [-0.39, 0.29) is 17.0 Å². The Hall–Kier alpha value is -0.760. The maximum absolute atomic E-state index is 4.44. The molecule has 0 heterocycles. The van der Waals surface area contributed by atoms with Crippen molar-refractivity contribution in [1.29, 1.82) is 0 Å².